The van der Waals surface area contributed by atoms with Crippen molar-refractivity contribution in [1.29, 1.82) is 0 Å². The summed E-state index contributed by atoms with van der Waals surface area (Å²) in [6.07, 6.45) is 0.760. The number of Topliss-reactive ketones (excluding diaryl/α,β-unsaturated/α-hetero) is 1. The van der Waals surface area contributed by atoms with E-state index in [2.05, 4.69) is 15.3 Å². The first-order chi connectivity index (χ1) is 16.4. The fourth-order valence-electron chi connectivity index (χ4n) is 4.21. The molecule has 2 aliphatic heterocycles. The van der Waals surface area contributed by atoms with Gasteiger partial charge in [0.25, 0.3) is 5.56 Å². The van der Waals surface area contributed by atoms with Crippen LogP contribution in [0.1, 0.15) is 11.3 Å². The Morgan fingerprint density at radius 2 is 2.06 bits per heavy atom. The Labute approximate surface area is 193 Å². The number of aryl methyl sites for hydroxylation is 1. The molecule has 10 nitrogen and oxygen atoms in total. The molecule has 1 amide bonds. The normalized spacial score (nSPS) is 17.6. The van der Waals surface area contributed by atoms with Crippen LogP contribution in [0.3, 0.4) is 0 Å². The maximum atomic E-state index is 14.5. The smallest absolute Gasteiger partial charge is 0.415 e. The number of cyclic esters (lactones) is 1. The van der Waals surface area contributed by atoms with Crippen molar-refractivity contribution in [1.82, 2.24) is 19.9 Å². The number of carbonyl (C=O) groups is 2. The molecule has 0 radical (unpaired) electrons. The predicted octanol–water partition coefficient (Wildman–Crippen LogP) is 1.13. The van der Waals surface area contributed by atoms with Crippen LogP contribution in [-0.4, -0.2) is 58.8 Å². The number of ketones is 1. The van der Waals surface area contributed by atoms with Crippen molar-refractivity contribution < 1.29 is 23.5 Å². The van der Waals surface area contributed by atoms with Crippen LogP contribution in [0.15, 0.2) is 35.3 Å². The van der Waals surface area contributed by atoms with Gasteiger partial charge in [-0.25, -0.2) is 19.2 Å². The first-order valence-corrected chi connectivity index (χ1v) is 10.9. The van der Waals surface area contributed by atoms with Gasteiger partial charge in [-0.1, -0.05) is 0 Å². The number of benzene rings is 1. The number of ether oxygens (including phenoxy) is 2. The number of halogens is 1. The van der Waals surface area contributed by atoms with E-state index in [1.165, 1.54) is 21.7 Å². The number of pyridine rings is 1. The Morgan fingerprint density at radius 1 is 1.21 bits per heavy atom. The van der Waals surface area contributed by atoms with Crippen molar-refractivity contribution in [2.75, 3.05) is 31.1 Å². The maximum absolute atomic E-state index is 14.5. The van der Waals surface area contributed by atoms with E-state index < -0.39 is 18.0 Å². The zero-order valence-electron chi connectivity index (χ0n) is 18.4. The van der Waals surface area contributed by atoms with Gasteiger partial charge in [0.15, 0.2) is 5.78 Å². The average molecular weight is 467 g/mol. The molecule has 5 rings (SSSR count). The molecule has 1 aromatic carbocycles. The number of hydrogen-bond donors (Lipinski definition) is 1. The van der Waals surface area contributed by atoms with Gasteiger partial charge in [0.1, 0.15) is 30.1 Å². The molecule has 4 heterocycles. The zero-order chi connectivity index (χ0) is 23.8. The lowest BCUT2D eigenvalue weighted by Gasteiger charge is -2.18. The van der Waals surface area contributed by atoms with Crippen molar-refractivity contribution in [2.24, 2.45) is 7.05 Å². The summed E-state index contributed by atoms with van der Waals surface area (Å²) in [5.74, 6) is 0.469. The Morgan fingerprint density at radius 3 is 2.91 bits per heavy atom. The third kappa shape index (κ3) is 4.10. The summed E-state index contributed by atoms with van der Waals surface area (Å²) < 4.78 is 26.7. The molecule has 0 aliphatic carbocycles. The molecule has 11 heteroatoms. The van der Waals surface area contributed by atoms with Gasteiger partial charge in [-0.3, -0.25) is 14.5 Å². The Balaban J connectivity index is 1.21. The molecule has 2 aromatic heterocycles. The van der Waals surface area contributed by atoms with Gasteiger partial charge in [0.05, 0.1) is 35.9 Å². The quantitative estimate of drug-likeness (QED) is 0.537. The van der Waals surface area contributed by atoms with Gasteiger partial charge in [-0.2, -0.15) is 0 Å². The maximum Gasteiger partial charge on any atom is 0.415 e. The molecular formula is C23H22FN5O5. The number of nitrogens with one attached hydrogen (secondary N) is 1. The largest absolute Gasteiger partial charge is 0.484 e. The van der Waals surface area contributed by atoms with Crippen LogP contribution in [0.5, 0.6) is 5.75 Å². The third-order valence-electron chi connectivity index (χ3n) is 5.93. The number of rotatable bonds is 6. The van der Waals surface area contributed by atoms with Gasteiger partial charge in [0.2, 0.25) is 0 Å². The van der Waals surface area contributed by atoms with Crippen LogP contribution < -0.4 is 20.5 Å². The first-order valence-electron chi connectivity index (χ1n) is 10.9. The number of nitrogens with zero attached hydrogens (tertiary/aromatic N) is 4. The van der Waals surface area contributed by atoms with E-state index in [0.717, 1.165) is 0 Å². The topological polar surface area (TPSA) is 116 Å². The highest BCUT2D eigenvalue weighted by Crippen LogP contribution is 2.27. The summed E-state index contributed by atoms with van der Waals surface area (Å²) in [4.78, 5) is 45.9. The van der Waals surface area contributed by atoms with E-state index in [4.69, 9.17) is 9.47 Å². The van der Waals surface area contributed by atoms with E-state index >= 15 is 0 Å². The molecule has 0 spiro atoms. The molecular weight excluding hydrogens is 445 g/mol. The molecule has 2 aliphatic rings. The predicted molar refractivity (Wildman–Crippen MR) is 120 cm³/mol. The number of fused-ring (bicyclic) bond motifs is 2. The van der Waals surface area contributed by atoms with Gasteiger partial charge < -0.3 is 19.4 Å². The summed E-state index contributed by atoms with van der Waals surface area (Å²) >= 11 is 0. The molecule has 1 fully saturated rings. The monoisotopic (exact) mass is 467 g/mol. The van der Waals surface area contributed by atoms with Crippen LogP contribution in [0, 0.1) is 5.82 Å². The van der Waals surface area contributed by atoms with Crippen molar-refractivity contribution in [2.45, 2.75) is 18.9 Å². The lowest BCUT2D eigenvalue weighted by molar-refractivity contribution is -0.121. The van der Waals surface area contributed by atoms with Crippen LogP contribution in [-0.2, 0) is 29.4 Å². The highest BCUT2D eigenvalue weighted by molar-refractivity contribution is 5.89. The lowest BCUT2D eigenvalue weighted by atomic mass is 10.1. The van der Waals surface area contributed by atoms with E-state index in [9.17, 15) is 18.8 Å². The third-order valence-corrected chi connectivity index (χ3v) is 5.93. The standard InChI is InChI=1S/C23H22FN5O5/c1-28-21(31)10-26-17-3-2-16(24)15(22(17)28)6-7-25-9-14-11-29(23(32)34-14)20-5-4-19-18(27-20)8-13(30)12-33-19/h2-5,10,14,25H,6-9,11-12H2,1H3/t14-/m1/s1. The summed E-state index contributed by atoms with van der Waals surface area (Å²) in [6.45, 7) is 1.08. The number of carbonyl (C=O) groups excluding carboxylic acids is 2. The Bertz CT molecular complexity index is 1360. The molecule has 0 bridgehead atoms. The minimum absolute atomic E-state index is 0.0308. The van der Waals surface area contributed by atoms with E-state index in [-0.39, 0.29) is 30.9 Å². The zero-order valence-corrected chi connectivity index (χ0v) is 18.4. The summed E-state index contributed by atoms with van der Waals surface area (Å²) in [7, 11) is 1.59. The number of aromatic nitrogens is 3. The molecule has 1 N–H and O–H groups in total. The summed E-state index contributed by atoms with van der Waals surface area (Å²) in [5.41, 5.74) is 1.61. The Kier molecular flexibility index (Phi) is 5.70. The molecule has 3 aromatic rings. The fraction of sp³-hybridized carbons (Fsp3) is 0.348. The summed E-state index contributed by atoms with van der Waals surface area (Å²) in [5, 5.41) is 3.19. The molecule has 0 unspecified atom stereocenters. The van der Waals surface area contributed by atoms with Gasteiger partial charge >= 0.3 is 6.09 Å². The van der Waals surface area contributed by atoms with E-state index in [1.54, 1.807) is 25.2 Å². The number of amides is 1. The van der Waals surface area contributed by atoms with Gasteiger partial charge in [0, 0.05) is 19.2 Å². The minimum Gasteiger partial charge on any atom is -0.484 e. The SMILES string of the molecule is Cn1c(=O)cnc2ccc(F)c(CCNC[C@@H]3CN(c4ccc5c(n4)CC(=O)CO5)C(=O)O3)c21. The molecule has 1 atom stereocenters. The van der Waals surface area contributed by atoms with Gasteiger partial charge in [-0.15, -0.1) is 0 Å². The fourth-order valence-corrected chi connectivity index (χ4v) is 4.21. The van der Waals surface area contributed by atoms with Crippen molar-refractivity contribution in [3.63, 3.8) is 0 Å². The summed E-state index contributed by atoms with van der Waals surface area (Å²) in [6, 6.07) is 6.25. The minimum atomic E-state index is -0.525. The van der Waals surface area contributed by atoms with Crippen molar-refractivity contribution >= 4 is 28.7 Å². The highest BCUT2D eigenvalue weighted by Gasteiger charge is 2.33. The molecule has 176 valence electrons. The Hall–Kier alpha value is -3.86. The molecule has 1 saturated heterocycles. The van der Waals surface area contributed by atoms with Crippen molar-refractivity contribution in [3.8, 4) is 5.75 Å². The van der Waals surface area contributed by atoms with E-state index in [1.807, 2.05) is 0 Å². The second kappa shape index (κ2) is 8.82. The molecule has 0 saturated carbocycles. The van der Waals surface area contributed by atoms with Crippen LogP contribution in [0.2, 0.25) is 0 Å². The van der Waals surface area contributed by atoms with Gasteiger partial charge in [-0.05, 0) is 37.2 Å². The van der Waals surface area contributed by atoms with Crippen LogP contribution >= 0.6 is 0 Å². The average Bonchev–Trinajstić information content (AvgIpc) is 3.20. The second-order valence-electron chi connectivity index (χ2n) is 8.24. The van der Waals surface area contributed by atoms with Crippen LogP contribution in [0.25, 0.3) is 11.0 Å². The van der Waals surface area contributed by atoms with Crippen molar-refractivity contribution in [3.05, 3.63) is 57.9 Å². The van der Waals surface area contributed by atoms with Crippen LogP contribution in [0.4, 0.5) is 15.0 Å². The number of hydrogen-bond acceptors (Lipinski definition) is 8. The second-order valence-corrected chi connectivity index (χ2v) is 8.24. The number of anilines is 1. The first kappa shape index (κ1) is 22.0. The lowest BCUT2D eigenvalue weighted by Crippen LogP contribution is -2.32. The highest BCUT2D eigenvalue weighted by atomic mass is 19.1. The van der Waals surface area contributed by atoms with E-state index in [0.29, 0.717) is 53.4 Å². The molecule has 34 heavy (non-hydrogen) atoms.